The molecule has 0 aliphatic rings. The van der Waals surface area contributed by atoms with Crippen molar-refractivity contribution in [2.24, 2.45) is 5.73 Å². The van der Waals surface area contributed by atoms with E-state index < -0.39 is 0 Å². The lowest BCUT2D eigenvalue weighted by Crippen LogP contribution is -2.32. The number of benzene rings is 1. The summed E-state index contributed by atoms with van der Waals surface area (Å²) < 4.78 is 10.7. The van der Waals surface area contributed by atoms with Gasteiger partial charge in [-0.05, 0) is 38.6 Å². The molecular formula is C15H26N2O2. The van der Waals surface area contributed by atoms with Crippen molar-refractivity contribution in [3.05, 3.63) is 29.8 Å². The normalized spacial score (nSPS) is 13.0. The minimum absolute atomic E-state index is 0.00922. The van der Waals surface area contributed by atoms with Gasteiger partial charge in [-0.2, -0.15) is 0 Å². The maximum atomic E-state index is 6.20. The predicted molar refractivity (Wildman–Crippen MR) is 78.5 cm³/mol. The van der Waals surface area contributed by atoms with E-state index in [0.29, 0.717) is 0 Å². The van der Waals surface area contributed by atoms with Crippen molar-refractivity contribution in [1.29, 1.82) is 0 Å². The quantitative estimate of drug-likeness (QED) is 0.782. The smallest absolute Gasteiger partial charge is 0.118 e. The average molecular weight is 266 g/mol. The zero-order chi connectivity index (χ0) is 14.3. The van der Waals surface area contributed by atoms with Crippen LogP contribution < -0.4 is 10.5 Å². The SMILES string of the molecule is COc1ccc(C(N)CN(C)CCOC(C)C)cc1. The Kier molecular flexibility index (Phi) is 6.84. The largest absolute Gasteiger partial charge is 0.497 e. The Labute approximate surface area is 116 Å². The molecule has 0 radical (unpaired) electrons. The maximum Gasteiger partial charge on any atom is 0.118 e. The first kappa shape index (κ1) is 16.0. The second-order valence-corrected chi connectivity index (χ2v) is 5.06. The van der Waals surface area contributed by atoms with E-state index in [1.807, 2.05) is 38.1 Å². The zero-order valence-electron chi connectivity index (χ0n) is 12.4. The Hall–Kier alpha value is -1.10. The topological polar surface area (TPSA) is 47.7 Å². The number of nitrogens with zero attached hydrogens (tertiary/aromatic N) is 1. The van der Waals surface area contributed by atoms with E-state index in [4.69, 9.17) is 15.2 Å². The van der Waals surface area contributed by atoms with E-state index in [-0.39, 0.29) is 12.1 Å². The summed E-state index contributed by atoms with van der Waals surface area (Å²) in [6.07, 6.45) is 0.281. The number of rotatable bonds is 8. The van der Waals surface area contributed by atoms with Gasteiger partial charge in [0.1, 0.15) is 5.75 Å². The molecule has 0 saturated carbocycles. The van der Waals surface area contributed by atoms with Gasteiger partial charge in [-0.25, -0.2) is 0 Å². The van der Waals surface area contributed by atoms with E-state index in [9.17, 15) is 0 Å². The second-order valence-electron chi connectivity index (χ2n) is 5.06. The Morgan fingerprint density at radius 2 is 1.84 bits per heavy atom. The van der Waals surface area contributed by atoms with Crippen molar-refractivity contribution in [2.45, 2.75) is 26.0 Å². The summed E-state index contributed by atoms with van der Waals surface area (Å²) in [5, 5.41) is 0. The molecule has 0 heterocycles. The summed E-state index contributed by atoms with van der Waals surface area (Å²) in [6.45, 7) is 6.53. The van der Waals surface area contributed by atoms with Gasteiger partial charge in [-0.3, -0.25) is 0 Å². The molecule has 1 unspecified atom stereocenters. The number of ether oxygens (including phenoxy) is 2. The molecule has 4 heteroatoms. The molecule has 0 saturated heterocycles. The van der Waals surface area contributed by atoms with Crippen LogP contribution in [-0.4, -0.2) is 44.9 Å². The molecule has 0 aliphatic heterocycles. The van der Waals surface area contributed by atoms with Gasteiger partial charge in [0.2, 0.25) is 0 Å². The summed E-state index contributed by atoms with van der Waals surface area (Å²) in [6, 6.07) is 7.92. The Morgan fingerprint density at radius 1 is 1.21 bits per heavy atom. The van der Waals surface area contributed by atoms with Crippen molar-refractivity contribution in [3.8, 4) is 5.75 Å². The van der Waals surface area contributed by atoms with Gasteiger partial charge in [0.25, 0.3) is 0 Å². The molecule has 19 heavy (non-hydrogen) atoms. The van der Waals surface area contributed by atoms with E-state index in [2.05, 4.69) is 11.9 Å². The zero-order valence-corrected chi connectivity index (χ0v) is 12.4. The third kappa shape index (κ3) is 6.05. The van der Waals surface area contributed by atoms with Gasteiger partial charge in [0.05, 0.1) is 19.8 Å². The molecule has 0 fully saturated rings. The molecule has 0 aliphatic carbocycles. The van der Waals surface area contributed by atoms with Crippen LogP contribution in [0, 0.1) is 0 Å². The van der Waals surface area contributed by atoms with E-state index in [1.54, 1.807) is 7.11 Å². The van der Waals surface area contributed by atoms with E-state index in [0.717, 1.165) is 31.0 Å². The van der Waals surface area contributed by atoms with Crippen LogP contribution >= 0.6 is 0 Å². The first-order valence-corrected chi connectivity index (χ1v) is 6.72. The molecule has 1 aromatic rings. The first-order valence-electron chi connectivity index (χ1n) is 6.72. The molecular weight excluding hydrogens is 240 g/mol. The molecule has 0 spiro atoms. The average Bonchev–Trinajstić information content (AvgIpc) is 2.38. The molecule has 4 nitrogen and oxygen atoms in total. The molecule has 0 bridgehead atoms. The molecule has 2 N–H and O–H groups in total. The van der Waals surface area contributed by atoms with Gasteiger partial charge >= 0.3 is 0 Å². The van der Waals surface area contributed by atoms with Gasteiger partial charge in [-0.15, -0.1) is 0 Å². The van der Waals surface area contributed by atoms with Gasteiger partial charge in [0, 0.05) is 19.1 Å². The Morgan fingerprint density at radius 3 is 2.37 bits per heavy atom. The van der Waals surface area contributed by atoms with E-state index >= 15 is 0 Å². The van der Waals surface area contributed by atoms with Crippen molar-refractivity contribution < 1.29 is 9.47 Å². The third-order valence-electron chi connectivity index (χ3n) is 2.98. The molecule has 0 amide bonds. The van der Waals surface area contributed by atoms with Crippen LogP contribution in [0.25, 0.3) is 0 Å². The highest BCUT2D eigenvalue weighted by atomic mass is 16.5. The number of nitrogens with two attached hydrogens (primary N) is 1. The molecule has 1 aromatic carbocycles. The molecule has 0 aromatic heterocycles. The number of hydrogen-bond acceptors (Lipinski definition) is 4. The van der Waals surface area contributed by atoms with Gasteiger partial charge in [0.15, 0.2) is 0 Å². The third-order valence-corrected chi connectivity index (χ3v) is 2.98. The molecule has 108 valence electrons. The standard InChI is InChI=1S/C15H26N2O2/c1-12(2)19-10-9-17(3)11-15(16)13-5-7-14(18-4)8-6-13/h5-8,12,15H,9-11,16H2,1-4H3. The monoisotopic (exact) mass is 266 g/mol. The van der Waals surface area contributed by atoms with Gasteiger partial charge in [-0.1, -0.05) is 12.1 Å². The molecule has 1 rings (SSSR count). The Bertz CT molecular complexity index is 352. The predicted octanol–water partition coefficient (Wildman–Crippen LogP) is 2.05. The van der Waals surface area contributed by atoms with Crippen molar-refractivity contribution >= 4 is 0 Å². The highest BCUT2D eigenvalue weighted by Gasteiger charge is 2.09. The Balaban J connectivity index is 2.38. The molecule has 1 atom stereocenters. The van der Waals surface area contributed by atoms with Crippen LogP contribution in [0.1, 0.15) is 25.5 Å². The lowest BCUT2D eigenvalue weighted by atomic mass is 10.1. The summed E-state index contributed by atoms with van der Waals surface area (Å²) in [4.78, 5) is 2.19. The van der Waals surface area contributed by atoms with Crippen LogP contribution in [0.5, 0.6) is 5.75 Å². The fourth-order valence-electron chi connectivity index (χ4n) is 1.83. The van der Waals surface area contributed by atoms with Crippen molar-refractivity contribution in [1.82, 2.24) is 4.90 Å². The summed E-state index contributed by atoms with van der Waals surface area (Å²) >= 11 is 0. The number of hydrogen-bond donors (Lipinski definition) is 1. The fourth-order valence-corrected chi connectivity index (χ4v) is 1.83. The van der Waals surface area contributed by atoms with Crippen LogP contribution in [-0.2, 0) is 4.74 Å². The minimum Gasteiger partial charge on any atom is -0.497 e. The maximum absolute atomic E-state index is 6.20. The van der Waals surface area contributed by atoms with Crippen LogP contribution in [0.15, 0.2) is 24.3 Å². The fraction of sp³-hybridized carbons (Fsp3) is 0.600. The minimum atomic E-state index is 0.00922. The summed E-state index contributed by atoms with van der Waals surface area (Å²) in [7, 11) is 3.73. The second kappa shape index (κ2) is 8.15. The van der Waals surface area contributed by atoms with Crippen LogP contribution in [0.4, 0.5) is 0 Å². The van der Waals surface area contributed by atoms with E-state index in [1.165, 1.54) is 0 Å². The van der Waals surface area contributed by atoms with Crippen molar-refractivity contribution in [3.63, 3.8) is 0 Å². The van der Waals surface area contributed by atoms with Crippen LogP contribution in [0.2, 0.25) is 0 Å². The number of methoxy groups -OCH3 is 1. The lowest BCUT2D eigenvalue weighted by Gasteiger charge is -2.22. The highest BCUT2D eigenvalue weighted by molar-refractivity contribution is 5.29. The summed E-state index contributed by atoms with van der Waals surface area (Å²) in [5.41, 5.74) is 7.32. The number of likely N-dealkylation sites (N-methyl/N-ethyl adjacent to an activating group) is 1. The lowest BCUT2D eigenvalue weighted by molar-refractivity contribution is 0.0629. The highest BCUT2D eigenvalue weighted by Crippen LogP contribution is 2.16. The van der Waals surface area contributed by atoms with Crippen LogP contribution in [0.3, 0.4) is 0 Å². The summed E-state index contributed by atoms with van der Waals surface area (Å²) in [5.74, 6) is 0.856. The first-order chi connectivity index (χ1) is 9.02. The van der Waals surface area contributed by atoms with Gasteiger partial charge < -0.3 is 20.1 Å². The van der Waals surface area contributed by atoms with Crippen molar-refractivity contribution in [2.75, 3.05) is 33.9 Å².